The first-order chi connectivity index (χ1) is 9.83. The molecule has 0 aliphatic heterocycles. The molecule has 112 valence electrons. The van der Waals surface area contributed by atoms with Crippen LogP contribution in [-0.2, 0) is 16.4 Å². The van der Waals surface area contributed by atoms with Crippen molar-refractivity contribution in [2.24, 2.45) is 0 Å². The number of hydrogen-bond acceptors (Lipinski definition) is 7. The standard InChI is InChI=1S/C10H9ClN4O4S2/c1-2-9-12-13-10(20-9)14-21(18,19)6-3-4-7(11)8(5-6)15(16)17/h3-5H,2H2,1H3,(H,13,14). The van der Waals surface area contributed by atoms with E-state index in [9.17, 15) is 18.5 Å². The number of nitrogens with one attached hydrogen (secondary N) is 1. The van der Waals surface area contributed by atoms with Crippen LogP contribution in [0.25, 0.3) is 0 Å². The summed E-state index contributed by atoms with van der Waals surface area (Å²) in [4.78, 5) is 9.77. The molecular formula is C10H9ClN4O4S2. The zero-order valence-corrected chi connectivity index (χ0v) is 13.0. The largest absolute Gasteiger partial charge is 0.289 e. The van der Waals surface area contributed by atoms with Gasteiger partial charge in [0.1, 0.15) is 10.0 Å². The van der Waals surface area contributed by atoms with E-state index in [1.165, 1.54) is 6.07 Å². The SMILES string of the molecule is CCc1nnc(NS(=O)(=O)c2ccc(Cl)c([N+](=O)[O-])c2)s1. The first kappa shape index (κ1) is 15.6. The Morgan fingerprint density at radius 2 is 2.14 bits per heavy atom. The number of nitro groups is 1. The van der Waals surface area contributed by atoms with Gasteiger partial charge in [-0.2, -0.15) is 0 Å². The highest BCUT2D eigenvalue weighted by Gasteiger charge is 2.22. The zero-order valence-electron chi connectivity index (χ0n) is 10.6. The quantitative estimate of drug-likeness (QED) is 0.655. The Morgan fingerprint density at radius 3 is 2.71 bits per heavy atom. The van der Waals surface area contributed by atoms with Crippen molar-refractivity contribution in [3.8, 4) is 0 Å². The fraction of sp³-hybridized carbons (Fsp3) is 0.200. The van der Waals surface area contributed by atoms with E-state index >= 15 is 0 Å². The molecule has 8 nitrogen and oxygen atoms in total. The van der Waals surface area contributed by atoms with Gasteiger partial charge in [0.2, 0.25) is 5.13 Å². The monoisotopic (exact) mass is 348 g/mol. The fourth-order valence-corrected chi connectivity index (χ4v) is 3.53. The molecule has 2 aromatic rings. The number of anilines is 1. The number of hydrogen-bond donors (Lipinski definition) is 1. The van der Waals surface area contributed by atoms with E-state index in [1.807, 2.05) is 6.92 Å². The minimum absolute atomic E-state index is 0.101. The molecule has 0 aliphatic carbocycles. The molecule has 11 heteroatoms. The minimum atomic E-state index is -3.99. The van der Waals surface area contributed by atoms with Crippen molar-refractivity contribution in [1.29, 1.82) is 0 Å². The molecule has 0 fully saturated rings. The van der Waals surface area contributed by atoms with Crippen molar-refractivity contribution in [3.05, 3.63) is 38.3 Å². The fourth-order valence-electron chi connectivity index (χ4n) is 1.41. The Balaban J connectivity index is 2.35. The molecule has 0 aliphatic rings. The highest BCUT2D eigenvalue weighted by atomic mass is 35.5. The van der Waals surface area contributed by atoms with Crippen LogP contribution in [0.15, 0.2) is 23.1 Å². The molecule has 0 atom stereocenters. The summed E-state index contributed by atoms with van der Waals surface area (Å²) in [6, 6.07) is 3.23. The van der Waals surface area contributed by atoms with Crippen molar-refractivity contribution in [1.82, 2.24) is 10.2 Å². The van der Waals surface area contributed by atoms with Gasteiger partial charge in [0.15, 0.2) is 0 Å². The molecule has 0 unspecified atom stereocenters. The van der Waals surface area contributed by atoms with E-state index in [0.717, 1.165) is 23.5 Å². The number of aromatic nitrogens is 2. The second-order valence-corrected chi connectivity index (χ2v) is 6.98. The van der Waals surface area contributed by atoms with Gasteiger partial charge in [-0.1, -0.05) is 29.9 Å². The van der Waals surface area contributed by atoms with Crippen molar-refractivity contribution in [2.45, 2.75) is 18.2 Å². The third-order valence-electron chi connectivity index (χ3n) is 2.42. The smallest absolute Gasteiger partial charge is 0.258 e. The van der Waals surface area contributed by atoms with Gasteiger partial charge in [-0.05, 0) is 18.6 Å². The van der Waals surface area contributed by atoms with Gasteiger partial charge in [0.05, 0.1) is 9.82 Å². The van der Waals surface area contributed by atoms with Crippen LogP contribution < -0.4 is 4.72 Å². The van der Waals surface area contributed by atoms with Crippen LogP contribution in [0, 0.1) is 10.1 Å². The molecule has 21 heavy (non-hydrogen) atoms. The topological polar surface area (TPSA) is 115 Å². The highest BCUT2D eigenvalue weighted by molar-refractivity contribution is 7.93. The molecule has 0 spiro atoms. The molecule has 1 aromatic heterocycles. The Hall–Kier alpha value is -1.78. The van der Waals surface area contributed by atoms with Gasteiger partial charge in [-0.3, -0.25) is 14.8 Å². The summed E-state index contributed by atoms with van der Waals surface area (Å²) in [5.74, 6) is 0. The van der Waals surface area contributed by atoms with Crippen LogP contribution in [-0.4, -0.2) is 23.5 Å². The normalized spacial score (nSPS) is 11.3. The maximum Gasteiger partial charge on any atom is 0.289 e. The molecule has 1 aromatic carbocycles. The summed E-state index contributed by atoms with van der Waals surface area (Å²) in [6.07, 6.45) is 0.631. The van der Waals surface area contributed by atoms with Gasteiger partial charge in [-0.25, -0.2) is 8.42 Å². The van der Waals surface area contributed by atoms with Crippen molar-refractivity contribution >= 4 is 43.8 Å². The summed E-state index contributed by atoms with van der Waals surface area (Å²) in [5.41, 5.74) is -0.481. The first-order valence-electron chi connectivity index (χ1n) is 5.62. The molecule has 1 N–H and O–H groups in total. The summed E-state index contributed by atoms with van der Waals surface area (Å²) >= 11 is 6.74. The summed E-state index contributed by atoms with van der Waals surface area (Å²) in [7, 11) is -3.99. The van der Waals surface area contributed by atoms with Crippen LogP contribution in [0.3, 0.4) is 0 Å². The Bertz CT molecular complexity index is 790. The second-order valence-electron chi connectivity index (χ2n) is 3.83. The predicted octanol–water partition coefficient (Wildman–Crippen LogP) is 2.46. The van der Waals surface area contributed by atoms with Crippen molar-refractivity contribution < 1.29 is 13.3 Å². The molecule has 0 saturated carbocycles. The maximum absolute atomic E-state index is 12.1. The van der Waals surface area contributed by atoms with E-state index in [0.29, 0.717) is 11.4 Å². The van der Waals surface area contributed by atoms with Crippen LogP contribution >= 0.6 is 22.9 Å². The van der Waals surface area contributed by atoms with Crippen LogP contribution in [0.5, 0.6) is 0 Å². The van der Waals surface area contributed by atoms with Crippen molar-refractivity contribution in [2.75, 3.05) is 4.72 Å². The molecule has 2 rings (SSSR count). The van der Waals surface area contributed by atoms with Crippen molar-refractivity contribution in [3.63, 3.8) is 0 Å². The first-order valence-corrected chi connectivity index (χ1v) is 8.30. The molecule has 0 radical (unpaired) electrons. The summed E-state index contributed by atoms with van der Waals surface area (Å²) in [5, 5.41) is 18.9. The zero-order chi connectivity index (χ0) is 15.6. The number of benzene rings is 1. The minimum Gasteiger partial charge on any atom is -0.258 e. The van der Waals surface area contributed by atoms with Crippen LogP contribution in [0.4, 0.5) is 10.8 Å². The molecule has 1 heterocycles. The Morgan fingerprint density at radius 1 is 1.43 bits per heavy atom. The lowest BCUT2D eigenvalue weighted by Crippen LogP contribution is -2.13. The average molecular weight is 349 g/mol. The lowest BCUT2D eigenvalue weighted by molar-refractivity contribution is -0.384. The number of aryl methyl sites for hydroxylation is 1. The Kier molecular flexibility index (Phi) is 4.40. The third-order valence-corrected chi connectivity index (χ3v) is 5.18. The molecular weight excluding hydrogens is 340 g/mol. The van der Waals surface area contributed by atoms with E-state index in [4.69, 9.17) is 11.6 Å². The van der Waals surface area contributed by atoms with E-state index in [2.05, 4.69) is 14.9 Å². The predicted molar refractivity (Wildman–Crippen MR) is 78.2 cm³/mol. The van der Waals surface area contributed by atoms with Crippen LogP contribution in [0.2, 0.25) is 5.02 Å². The van der Waals surface area contributed by atoms with E-state index in [-0.39, 0.29) is 15.0 Å². The molecule has 0 saturated heterocycles. The number of rotatable bonds is 5. The van der Waals surface area contributed by atoms with E-state index in [1.54, 1.807) is 0 Å². The average Bonchev–Trinajstić information content (AvgIpc) is 2.85. The number of nitrogens with zero attached hydrogens (tertiary/aromatic N) is 3. The molecule has 0 amide bonds. The number of halogens is 1. The molecule has 0 bridgehead atoms. The maximum atomic E-state index is 12.1. The van der Waals surface area contributed by atoms with Gasteiger partial charge in [0.25, 0.3) is 15.7 Å². The number of nitro benzene ring substituents is 1. The van der Waals surface area contributed by atoms with Gasteiger partial charge in [0, 0.05) is 6.07 Å². The van der Waals surface area contributed by atoms with E-state index < -0.39 is 20.6 Å². The van der Waals surface area contributed by atoms with Crippen LogP contribution in [0.1, 0.15) is 11.9 Å². The van der Waals surface area contributed by atoms with Gasteiger partial charge in [-0.15, -0.1) is 10.2 Å². The van der Waals surface area contributed by atoms with Gasteiger partial charge >= 0.3 is 0 Å². The second kappa shape index (κ2) is 5.92. The lowest BCUT2D eigenvalue weighted by atomic mass is 10.3. The number of sulfonamides is 1. The Labute approximate surface area is 129 Å². The third kappa shape index (κ3) is 3.46. The highest BCUT2D eigenvalue weighted by Crippen LogP contribution is 2.28. The lowest BCUT2D eigenvalue weighted by Gasteiger charge is -2.05. The summed E-state index contributed by atoms with van der Waals surface area (Å²) < 4.78 is 26.5. The summed E-state index contributed by atoms with van der Waals surface area (Å²) in [6.45, 7) is 1.86. The van der Waals surface area contributed by atoms with Gasteiger partial charge < -0.3 is 0 Å².